The monoisotopic (exact) mass is 442 g/mol. The summed E-state index contributed by atoms with van der Waals surface area (Å²) in [6, 6.07) is 5.14. The van der Waals surface area contributed by atoms with Crippen molar-refractivity contribution < 1.29 is 19.3 Å². The maximum Gasteiger partial charge on any atom is 0.373 e. The first-order valence-electron chi connectivity index (χ1n) is 12.6. The maximum atomic E-state index is 12.9. The largest absolute Gasteiger partial charge is 0.455 e. The van der Waals surface area contributed by atoms with Crippen LogP contribution in [-0.4, -0.2) is 25.4 Å². The van der Waals surface area contributed by atoms with Crippen molar-refractivity contribution >= 4 is 14.0 Å². The number of esters is 1. The van der Waals surface area contributed by atoms with Crippen molar-refractivity contribution in [3.63, 3.8) is 0 Å². The van der Waals surface area contributed by atoms with Gasteiger partial charge in [-0.2, -0.15) is 9.78 Å². The van der Waals surface area contributed by atoms with Gasteiger partial charge in [0.1, 0.15) is 5.60 Å². The van der Waals surface area contributed by atoms with E-state index in [9.17, 15) is 4.79 Å². The second kappa shape index (κ2) is 12.0. The Bertz CT molecular complexity index is 498. The van der Waals surface area contributed by atoms with Crippen LogP contribution in [0.25, 0.3) is 0 Å². The SMILES string of the molecule is CCC(C)(CC[Si](CC)(CC)CC)OC(=O)C1(CCCCCCCC(C)(C)C)OO1. The Kier molecular flexibility index (Phi) is 11.1. The minimum absolute atomic E-state index is 0.323. The Morgan fingerprint density at radius 3 is 1.83 bits per heavy atom. The first-order chi connectivity index (χ1) is 14.0. The standard InChI is InChI=1S/C25H50O4Si/c1-9-24(8,20-21-30(10-2,11-3)12-4)27-22(26)25(28-29-25)19-17-15-13-14-16-18-23(5,6)7/h9-21H2,1-8H3. The van der Waals surface area contributed by atoms with E-state index in [4.69, 9.17) is 14.5 Å². The zero-order valence-corrected chi connectivity index (χ0v) is 22.3. The van der Waals surface area contributed by atoms with E-state index in [0.717, 1.165) is 25.7 Å². The van der Waals surface area contributed by atoms with E-state index in [2.05, 4.69) is 55.4 Å². The zero-order chi connectivity index (χ0) is 22.9. The van der Waals surface area contributed by atoms with Crippen molar-refractivity contribution in [1.82, 2.24) is 0 Å². The summed E-state index contributed by atoms with van der Waals surface area (Å²) in [4.78, 5) is 23.2. The molecule has 0 bridgehead atoms. The highest BCUT2D eigenvalue weighted by Crippen LogP contribution is 2.40. The van der Waals surface area contributed by atoms with Gasteiger partial charge in [-0.25, -0.2) is 4.79 Å². The van der Waals surface area contributed by atoms with Crippen molar-refractivity contribution in [3.05, 3.63) is 0 Å². The van der Waals surface area contributed by atoms with Crippen LogP contribution in [0.5, 0.6) is 0 Å². The quantitative estimate of drug-likeness (QED) is 0.0798. The van der Waals surface area contributed by atoms with Gasteiger partial charge >= 0.3 is 11.8 Å². The van der Waals surface area contributed by atoms with Gasteiger partial charge in [0.05, 0.1) is 8.07 Å². The summed E-state index contributed by atoms with van der Waals surface area (Å²) in [6.45, 7) is 18.1. The topological polar surface area (TPSA) is 51.4 Å². The third-order valence-corrected chi connectivity index (χ3v) is 13.4. The van der Waals surface area contributed by atoms with E-state index >= 15 is 0 Å². The summed E-state index contributed by atoms with van der Waals surface area (Å²) in [5.74, 6) is -1.45. The molecule has 1 atom stereocenters. The Morgan fingerprint density at radius 2 is 1.37 bits per heavy atom. The summed E-state index contributed by atoms with van der Waals surface area (Å²) >= 11 is 0. The molecule has 1 heterocycles. The van der Waals surface area contributed by atoms with Crippen LogP contribution < -0.4 is 0 Å². The minimum atomic E-state index is -1.23. The van der Waals surface area contributed by atoms with Crippen LogP contribution in [0.1, 0.15) is 113 Å². The summed E-state index contributed by atoms with van der Waals surface area (Å²) < 4.78 is 6.01. The lowest BCUT2D eigenvalue weighted by molar-refractivity contribution is -0.167. The molecule has 0 amide bonds. The van der Waals surface area contributed by atoms with Crippen molar-refractivity contribution in [2.24, 2.45) is 5.41 Å². The van der Waals surface area contributed by atoms with Crippen molar-refractivity contribution in [2.45, 2.75) is 149 Å². The van der Waals surface area contributed by atoms with Gasteiger partial charge in [-0.15, -0.1) is 0 Å². The van der Waals surface area contributed by atoms with Crippen molar-refractivity contribution in [1.29, 1.82) is 0 Å². The number of rotatable bonds is 16. The lowest BCUT2D eigenvalue weighted by atomic mass is 9.89. The van der Waals surface area contributed by atoms with Crippen molar-refractivity contribution in [2.75, 3.05) is 0 Å². The fourth-order valence-electron chi connectivity index (χ4n) is 4.26. The predicted molar refractivity (Wildman–Crippen MR) is 128 cm³/mol. The molecule has 0 aromatic rings. The van der Waals surface area contributed by atoms with Crippen molar-refractivity contribution in [3.8, 4) is 0 Å². The molecule has 1 fully saturated rings. The van der Waals surface area contributed by atoms with E-state index in [1.54, 1.807) is 0 Å². The summed E-state index contributed by atoms with van der Waals surface area (Å²) in [7, 11) is -1.23. The summed E-state index contributed by atoms with van der Waals surface area (Å²) in [5.41, 5.74) is -0.00686. The molecule has 0 radical (unpaired) electrons. The fraction of sp³-hybridized carbons (Fsp3) is 0.960. The van der Waals surface area contributed by atoms with Gasteiger partial charge < -0.3 is 4.74 Å². The zero-order valence-electron chi connectivity index (χ0n) is 21.3. The van der Waals surface area contributed by atoms with Gasteiger partial charge in [-0.05, 0) is 38.0 Å². The van der Waals surface area contributed by atoms with Gasteiger partial charge in [0, 0.05) is 6.42 Å². The average molecular weight is 443 g/mol. The van der Waals surface area contributed by atoms with Crippen LogP contribution in [-0.2, 0) is 19.3 Å². The van der Waals surface area contributed by atoms with Gasteiger partial charge in [0.2, 0.25) is 0 Å². The Balaban J connectivity index is 2.43. The highest BCUT2D eigenvalue weighted by molar-refractivity contribution is 6.79. The first kappa shape index (κ1) is 27.6. The predicted octanol–water partition coefficient (Wildman–Crippen LogP) is 8.03. The third kappa shape index (κ3) is 9.00. The fourth-order valence-corrected chi connectivity index (χ4v) is 7.88. The summed E-state index contributed by atoms with van der Waals surface area (Å²) in [5, 5.41) is 0. The molecular formula is C25H50O4Si. The molecule has 1 rings (SSSR count). The number of unbranched alkanes of at least 4 members (excludes halogenated alkanes) is 4. The number of ether oxygens (including phenoxy) is 1. The molecule has 5 heteroatoms. The van der Waals surface area contributed by atoms with Crippen LogP contribution >= 0.6 is 0 Å². The van der Waals surface area contributed by atoms with Crippen LogP contribution in [0.15, 0.2) is 0 Å². The van der Waals surface area contributed by atoms with Gasteiger partial charge in [0.15, 0.2) is 0 Å². The lowest BCUT2D eigenvalue weighted by Gasteiger charge is -2.35. The van der Waals surface area contributed by atoms with Crippen LogP contribution in [0, 0.1) is 5.41 Å². The molecule has 0 aliphatic carbocycles. The van der Waals surface area contributed by atoms with Gasteiger partial charge in [-0.3, -0.25) is 0 Å². The Morgan fingerprint density at radius 1 is 0.833 bits per heavy atom. The van der Waals surface area contributed by atoms with Gasteiger partial charge in [-0.1, -0.05) is 98.3 Å². The molecule has 4 nitrogen and oxygen atoms in total. The van der Waals surface area contributed by atoms with E-state index in [0.29, 0.717) is 11.8 Å². The minimum Gasteiger partial charge on any atom is -0.455 e. The highest BCUT2D eigenvalue weighted by Gasteiger charge is 2.59. The smallest absolute Gasteiger partial charge is 0.373 e. The third-order valence-electron chi connectivity index (χ3n) is 7.55. The second-order valence-corrected chi connectivity index (χ2v) is 16.6. The average Bonchev–Trinajstić information content (AvgIpc) is 3.49. The van der Waals surface area contributed by atoms with E-state index in [1.165, 1.54) is 49.9 Å². The Hall–Kier alpha value is -0.393. The normalized spacial score (nSPS) is 18.1. The molecule has 0 spiro atoms. The molecule has 1 aliphatic rings. The molecule has 1 aliphatic heterocycles. The van der Waals surface area contributed by atoms with Crippen LogP contribution in [0.3, 0.4) is 0 Å². The highest BCUT2D eigenvalue weighted by atomic mass is 28.3. The summed E-state index contributed by atoms with van der Waals surface area (Å²) in [6.07, 6.45) is 9.40. The maximum absolute atomic E-state index is 12.9. The first-order valence-corrected chi connectivity index (χ1v) is 15.4. The van der Waals surface area contributed by atoms with E-state index < -0.39 is 19.5 Å². The molecule has 1 unspecified atom stereocenters. The molecule has 178 valence electrons. The van der Waals surface area contributed by atoms with Crippen LogP contribution in [0.2, 0.25) is 24.2 Å². The van der Waals surface area contributed by atoms with E-state index in [1.807, 2.05) is 0 Å². The number of carbonyl (C=O) groups excluding carboxylic acids is 1. The number of hydrogen-bond acceptors (Lipinski definition) is 4. The molecule has 0 saturated carbocycles. The molecule has 30 heavy (non-hydrogen) atoms. The molecule has 0 N–H and O–H groups in total. The lowest BCUT2D eigenvalue weighted by Crippen LogP contribution is -2.40. The van der Waals surface area contributed by atoms with Crippen LogP contribution in [0.4, 0.5) is 0 Å². The number of carbonyl (C=O) groups is 1. The Labute approximate surface area is 187 Å². The van der Waals surface area contributed by atoms with E-state index in [-0.39, 0.29) is 5.97 Å². The second-order valence-electron chi connectivity index (χ2n) is 11.0. The molecule has 0 aromatic heterocycles. The molecule has 1 saturated heterocycles. The molecular weight excluding hydrogens is 392 g/mol. The van der Waals surface area contributed by atoms with Gasteiger partial charge in [0.25, 0.3) is 0 Å². The number of hydrogen-bond donors (Lipinski definition) is 0. The molecule has 0 aromatic carbocycles.